The van der Waals surface area contributed by atoms with Crippen LogP contribution in [0.15, 0.2) is 65.8 Å². The predicted octanol–water partition coefficient (Wildman–Crippen LogP) is 6.25. The zero-order valence-electron chi connectivity index (χ0n) is 19.0. The molecule has 0 saturated heterocycles. The number of hydrogen-bond donors (Lipinski definition) is 1. The molecule has 180 valence electrons. The van der Waals surface area contributed by atoms with Crippen molar-refractivity contribution in [1.29, 1.82) is 0 Å². The van der Waals surface area contributed by atoms with Crippen molar-refractivity contribution >= 4 is 29.0 Å². The molecular formula is C26H22ClF2N3O3. The quantitative estimate of drug-likeness (QED) is 0.433. The van der Waals surface area contributed by atoms with Crippen molar-refractivity contribution in [3.63, 3.8) is 0 Å². The fourth-order valence-corrected chi connectivity index (χ4v) is 4.41. The average Bonchev–Trinajstić information content (AvgIpc) is 3.40. The summed E-state index contributed by atoms with van der Waals surface area (Å²) in [7, 11) is 0. The van der Waals surface area contributed by atoms with Gasteiger partial charge in [0.05, 0.1) is 18.1 Å². The molecule has 2 amide bonds. The summed E-state index contributed by atoms with van der Waals surface area (Å²) in [5, 5.41) is 8.69. The standard InChI is InChI=1S/C26H22ClF2N3O3/c1-26(2)34-22-12-20(11-17(13-27)24(22)35-26)30-25(33)32-14-21(15-3-7-18(28)8-4-15)23(31-32)16-5-9-19(29)10-6-16/h3-12,21H,13-14H2,1-2H3,(H,30,33). The molecule has 0 fully saturated rings. The number of hydrazone groups is 1. The van der Waals surface area contributed by atoms with Crippen LogP contribution in [0.5, 0.6) is 11.5 Å². The third-order valence-electron chi connectivity index (χ3n) is 5.79. The molecule has 5 rings (SSSR count). The van der Waals surface area contributed by atoms with E-state index < -0.39 is 11.8 Å². The van der Waals surface area contributed by atoms with Crippen molar-refractivity contribution in [2.75, 3.05) is 11.9 Å². The van der Waals surface area contributed by atoms with Gasteiger partial charge in [-0.2, -0.15) is 5.10 Å². The summed E-state index contributed by atoms with van der Waals surface area (Å²) in [6, 6.07) is 14.9. The minimum atomic E-state index is -0.836. The molecule has 2 aliphatic heterocycles. The Balaban J connectivity index is 1.43. The van der Waals surface area contributed by atoms with Gasteiger partial charge in [-0.05, 0) is 41.5 Å². The highest BCUT2D eigenvalue weighted by Crippen LogP contribution is 2.44. The Bertz CT molecular complexity index is 1310. The second-order valence-corrected chi connectivity index (χ2v) is 9.08. The summed E-state index contributed by atoms with van der Waals surface area (Å²) in [5.41, 5.74) is 3.21. The summed E-state index contributed by atoms with van der Waals surface area (Å²) >= 11 is 6.10. The van der Waals surface area contributed by atoms with Crippen molar-refractivity contribution in [3.8, 4) is 11.5 Å². The van der Waals surface area contributed by atoms with Gasteiger partial charge in [0.1, 0.15) is 11.6 Å². The van der Waals surface area contributed by atoms with Crippen LogP contribution in [0.1, 0.15) is 36.5 Å². The molecule has 3 aromatic rings. The van der Waals surface area contributed by atoms with Crippen LogP contribution >= 0.6 is 11.6 Å². The number of amides is 2. The van der Waals surface area contributed by atoms with E-state index in [2.05, 4.69) is 10.4 Å². The smallest absolute Gasteiger partial charge is 0.342 e. The Hall–Kier alpha value is -3.65. The third-order valence-corrected chi connectivity index (χ3v) is 6.08. The number of alkyl halides is 1. The molecule has 2 heterocycles. The van der Waals surface area contributed by atoms with Gasteiger partial charge in [0.15, 0.2) is 11.5 Å². The van der Waals surface area contributed by atoms with Crippen LogP contribution in [0.4, 0.5) is 19.3 Å². The van der Waals surface area contributed by atoms with E-state index in [1.807, 2.05) is 0 Å². The summed E-state index contributed by atoms with van der Waals surface area (Å²) < 4.78 is 38.7. The van der Waals surface area contributed by atoms with E-state index in [0.717, 1.165) is 5.56 Å². The lowest BCUT2D eigenvalue weighted by Crippen LogP contribution is -2.30. The maximum absolute atomic E-state index is 13.5. The van der Waals surface area contributed by atoms with Crippen LogP contribution in [0.25, 0.3) is 0 Å². The highest BCUT2D eigenvalue weighted by molar-refractivity contribution is 6.17. The molecule has 35 heavy (non-hydrogen) atoms. The molecule has 9 heteroatoms. The number of carbonyl (C=O) groups excluding carboxylic acids is 1. The number of fused-ring (bicyclic) bond motifs is 1. The van der Waals surface area contributed by atoms with Crippen LogP contribution in [0, 0.1) is 11.6 Å². The number of urea groups is 1. The summed E-state index contributed by atoms with van der Waals surface area (Å²) in [4.78, 5) is 13.2. The van der Waals surface area contributed by atoms with E-state index in [0.29, 0.717) is 34.0 Å². The molecule has 0 bridgehead atoms. The van der Waals surface area contributed by atoms with Crippen LogP contribution in [-0.4, -0.2) is 29.1 Å². The lowest BCUT2D eigenvalue weighted by Gasteiger charge is -2.16. The van der Waals surface area contributed by atoms with E-state index in [9.17, 15) is 13.6 Å². The molecule has 0 aromatic heterocycles. The molecule has 1 atom stereocenters. The molecule has 3 aromatic carbocycles. The Kier molecular flexibility index (Phi) is 5.84. The van der Waals surface area contributed by atoms with Gasteiger partial charge in [-0.1, -0.05) is 24.3 Å². The minimum Gasteiger partial charge on any atom is -0.449 e. The monoisotopic (exact) mass is 497 g/mol. The molecule has 0 spiro atoms. The lowest BCUT2D eigenvalue weighted by molar-refractivity contribution is -0.0434. The lowest BCUT2D eigenvalue weighted by atomic mass is 9.90. The Morgan fingerprint density at radius 1 is 1.09 bits per heavy atom. The average molecular weight is 498 g/mol. The first-order valence-electron chi connectivity index (χ1n) is 11.0. The predicted molar refractivity (Wildman–Crippen MR) is 129 cm³/mol. The maximum Gasteiger partial charge on any atom is 0.342 e. The third kappa shape index (κ3) is 4.66. The zero-order chi connectivity index (χ0) is 24.7. The highest BCUT2D eigenvalue weighted by Gasteiger charge is 2.35. The van der Waals surface area contributed by atoms with Crippen molar-refractivity contribution in [2.24, 2.45) is 5.10 Å². The normalized spacial score (nSPS) is 17.9. The Labute approximate surface area is 206 Å². The second-order valence-electron chi connectivity index (χ2n) is 8.81. The molecule has 1 unspecified atom stereocenters. The first-order chi connectivity index (χ1) is 16.7. The highest BCUT2D eigenvalue weighted by atomic mass is 35.5. The van der Waals surface area contributed by atoms with E-state index in [-0.39, 0.29) is 30.0 Å². The van der Waals surface area contributed by atoms with E-state index in [1.54, 1.807) is 50.2 Å². The van der Waals surface area contributed by atoms with Gasteiger partial charge < -0.3 is 14.8 Å². The summed E-state index contributed by atoms with van der Waals surface area (Å²) in [6.07, 6.45) is 0. The number of carbonyl (C=O) groups is 1. The van der Waals surface area contributed by atoms with Crippen LogP contribution < -0.4 is 14.8 Å². The number of nitrogens with zero attached hydrogens (tertiary/aromatic N) is 2. The van der Waals surface area contributed by atoms with Gasteiger partial charge >= 0.3 is 6.03 Å². The van der Waals surface area contributed by atoms with E-state index >= 15 is 0 Å². The first kappa shape index (κ1) is 23.1. The number of hydrogen-bond acceptors (Lipinski definition) is 4. The molecule has 1 N–H and O–H groups in total. The van der Waals surface area contributed by atoms with Gasteiger partial charge in [-0.15, -0.1) is 11.6 Å². The Morgan fingerprint density at radius 3 is 2.40 bits per heavy atom. The molecule has 0 aliphatic carbocycles. The van der Waals surface area contributed by atoms with Crippen LogP contribution in [0.2, 0.25) is 0 Å². The maximum atomic E-state index is 13.5. The van der Waals surface area contributed by atoms with Crippen LogP contribution in [-0.2, 0) is 5.88 Å². The zero-order valence-corrected chi connectivity index (χ0v) is 19.8. The van der Waals surface area contributed by atoms with Gasteiger partial charge in [0.25, 0.3) is 0 Å². The molecular weight excluding hydrogens is 476 g/mol. The molecule has 0 saturated carbocycles. The second kappa shape index (κ2) is 8.85. The Morgan fingerprint density at radius 2 is 1.74 bits per heavy atom. The topological polar surface area (TPSA) is 63.2 Å². The largest absolute Gasteiger partial charge is 0.449 e. The first-order valence-corrected chi connectivity index (χ1v) is 11.6. The molecule has 0 radical (unpaired) electrons. The fraction of sp³-hybridized carbons (Fsp3) is 0.231. The van der Waals surface area contributed by atoms with Crippen molar-refractivity contribution in [2.45, 2.75) is 31.4 Å². The van der Waals surface area contributed by atoms with Gasteiger partial charge in [0, 0.05) is 37.1 Å². The number of ether oxygens (including phenoxy) is 2. The van der Waals surface area contributed by atoms with E-state index in [4.69, 9.17) is 21.1 Å². The van der Waals surface area contributed by atoms with Crippen molar-refractivity contribution in [3.05, 3.63) is 89.0 Å². The van der Waals surface area contributed by atoms with E-state index in [1.165, 1.54) is 29.3 Å². The van der Waals surface area contributed by atoms with Crippen LogP contribution in [0.3, 0.4) is 0 Å². The minimum absolute atomic E-state index is 0.175. The number of halogens is 3. The summed E-state index contributed by atoms with van der Waals surface area (Å²) in [6.45, 7) is 3.80. The van der Waals surface area contributed by atoms with Gasteiger partial charge in [-0.25, -0.2) is 18.6 Å². The molecule has 2 aliphatic rings. The fourth-order valence-electron chi connectivity index (χ4n) is 4.21. The number of nitrogens with one attached hydrogen (secondary N) is 1. The molecule has 6 nitrogen and oxygen atoms in total. The number of rotatable bonds is 4. The number of anilines is 1. The van der Waals surface area contributed by atoms with Gasteiger partial charge in [0.2, 0.25) is 5.79 Å². The summed E-state index contributed by atoms with van der Waals surface area (Å²) in [5.74, 6) is -0.667. The number of benzene rings is 3. The van der Waals surface area contributed by atoms with Crippen molar-refractivity contribution < 1.29 is 23.0 Å². The van der Waals surface area contributed by atoms with Crippen molar-refractivity contribution in [1.82, 2.24) is 5.01 Å². The SMILES string of the molecule is CC1(C)Oc2cc(NC(=O)N3CC(c4ccc(F)cc4)C(c4ccc(F)cc4)=N3)cc(CCl)c2O1. The van der Waals surface area contributed by atoms with Gasteiger partial charge in [-0.3, -0.25) is 0 Å².